The number of aryl methyl sites for hydroxylation is 1. The number of hydrogen-bond donors (Lipinski definition) is 1. The van der Waals surface area contributed by atoms with Gasteiger partial charge in [0.25, 0.3) is 5.56 Å². The quantitative estimate of drug-likeness (QED) is 0.725. The molecule has 1 N–H and O–H groups in total. The molecule has 0 fully saturated rings. The number of nitrogens with zero attached hydrogens (tertiary/aromatic N) is 2. The third kappa shape index (κ3) is 6.41. The summed E-state index contributed by atoms with van der Waals surface area (Å²) in [7, 11) is 0. The minimum Gasteiger partial charge on any atom is -0.333 e. The molecule has 0 atom stereocenters. The van der Waals surface area contributed by atoms with Crippen molar-refractivity contribution in [3.8, 4) is 0 Å². The zero-order chi connectivity index (χ0) is 19.8. The van der Waals surface area contributed by atoms with Gasteiger partial charge >= 0.3 is 0 Å². The number of rotatable bonds is 8. The number of carbonyl (C=O) groups excluding carboxylic acids is 2. The van der Waals surface area contributed by atoms with Crippen LogP contribution in [0.3, 0.4) is 0 Å². The summed E-state index contributed by atoms with van der Waals surface area (Å²) in [5.41, 5.74) is 0.272. The van der Waals surface area contributed by atoms with Crippen LogP contribution in [0.4, 0.5) is 5.69 Å². The Balaban J connectivity index is 1.96. The number of benzene rings is 1. The molecule has 0 bridgehead atoms. The molecule has 2 aromatic rings. The molecule has 1 aromatic heterocycles. The van der Waals surface area contributed by atoms with E-state index in [0.717, 1.165) is 0 Å². The van der Waals surface area contributed by atoms with Gasteiger partial charge in [0.2, 0.25) is 11.8 Å². The molecular weight excluding hydrogens is 389 g/mol. The van der Waals surface area contributed by atoms with Crippen LogP contribution in [0.15, 0.2) is 47.4 Å². The van der Waals surface area contributed by atoms with Crippen molar-refractivity contribution >= 4 is 40.7 Å². The van der Waals surface area contributed by atoms with Crippen LogP contribution < -0.4 is 10.9 Å². The molecule has 8 heteroatoms. The van der Waals surface area contributed by atoms with Crippen molar-refractivity contribution in [2.24, 2.45) is 0 Å². The highest BCUT2D eigenvalue weighted by atomic mass is 35.5. The summed E-state index contributed by atoms with van der Waals surface area (Å²) in [6, 6.07) is 9.59. The smallest absolute Gasteiger partial charge is 0.250 e. The number of hydrogen-bond acceptors (Lipinski definition) is 3. The molecule has 1 aromatic carbocycles. The van der Waals surface area contributed by atoms with Gasteiger partial charge in [-0.3, -0.25) is 14.4 Å². The first-order chi connectivity index (χ1) is 12.9. The van der Waals surface area contributed by atoms with Gasteiger partial charge in [0.1, 0.15) is 0 Å². The summed E-state index contributed by atoms with van der Waals surface area (Å²) in [6.07, 6.45) is 2.49. The lowest BCUT2D eigenvalue weighted by atomic mass is 10.3. The second-order valence-electron chi connectivity index (χ2n) is 5.97. The largest absolute Gasteiger partial charge is 0.333 e. The highest BCUT2D eigenvalue weighted by Gasteiger charge is 2.17. The lowest BCUT2D eigenvalue weighted by molar-refractivity contribution is -0.134. The molecule has 0 saturated carbocycles. The molecule has 27 heavy (non-hydrogen) atoms. The second-order valence-corrected chi connectivity index (χ2v) is 6.81. The Labute approximate surface area is 167 Å². The van der Waals surface area contributed by atoms with Gasteiger partial charge in [-0.2, -0.15) is 0 Å². The molecule has 2 rings (SSSR count). The molecule has 0 aliphatic heterocycles. The predicted octanol–water partition coefficient (Wildman–Crippen LogP) is 3.42. The molecular formula is C19H21Cl2N3O3. The highest BCUT2D eigenvalue weighted by molar-refractivity contribution is 6.36. The molecule has 6 nitrogen and oxygen atoms in total. The van der Waals surface area contributed by atoms with E-state index in [1.165, 1.54) is 21.6 Å². The maximum absolute atomic E-state index is 12.5. The fraction of sp³-hybridized carbons (Fsp3) is 0.316. The summed E-state index contributed by atoms with van der Waals surface area (Å²) < 4.78 is 1.47. The van der Waals surface area contributed by atoms with E-state index in [9.17, 15) is 14.4 Å². The average molecular weight is 410 g/mol. The van der Waals surface area contributed by atoms with Gasteiger partial charge in [0.15, 0.2) is 0 Å². The minimum atomic E-state index is -0.349. The Kier molecular flexibility index (Phi) is 7.88. The number of pyridine rings is 1. The van der Waals surface area contributed by atoms with E-state index in [1.54, 1.807) is 30.5 Å². The molecule has 2 amide bonds. The van der Waals surface area contributed by atoms with Gasteiger partial charge in [-0.15, -0.1) is 0 Å². The fourth-order valence-electron chi connectivity index (χ4n) is 2.54. The Bertz CT molecular complexity index is 867. The Morgan fingerprint density at radius 3 is 2.63 bits per heavy atom. The summed E-state index contributed by atoms with van der Waals surface area (Å²) >= 11 is 11.9. The van der Waals surface area contributed by atoms with Gasteiger partial charge in [-0.25, -0.2) is 0 Å². The van der Waals surface area contributed by atoms with Crippen molar-refractivity contribution in [3.05, 3.63) is 63.0 Å². The van der Waals surface area contributed by atoms with Crippen LogP contribution >= 0.6 is 23.2 Å². The SMILES string of the molecule is CCCN(CC(=O)Nc1ccc(Cl)cc1Cl)C(=O)CCn1ccccc1=O. The number of amides is 2. The minimum absolute atomic E-state index is 0.0880. The Morgan fingerprint density at radius 1 is 1.19 bits per heavy atom. The van der Waals surface area contributed by atoms with E-state index in [0.29, 0.717) is 28.7 Å². The van der Waals surface area contributed by atoms with Crippen molar-refractivity contribution in [3.63, 3.8) is 0 Å². The van der Waals surface area contributed by atoms with Crippen LogP contribution in [0.25, 0.3) is 0 Å². The zero-order valence-electron chi connectivity index (χ0n) is 15.0. The van der Waals surface area contributed by atoms with Crippen molar-refractivity contribution < 1.29 is 9.59 Å². The van der Waals surface area contributed by atoms with Gasteiger partial charge in [0, 0.05) is 36.8 Å². The Hall–Kier alpha value is -2.31. The first-order valence-corrected chi connectivity index (χ1v) is 9.34. The van der Waals surface area contributed by atoms with Gasteiger partial charge in [-0.1, -0.05) is 36.2 Å². The first kappa shape index (κ1) is 21.0. The van der Waals surface area contributed by atoms with E-state index in [2.05, 4.69) is 5.32 Å². The molecule has 0 radical (unpaired) electrons. The number of nitrogens with one attached hydrogen (secondary N) is 1. The molecule has 1 heterocycles. The summed E-state index contributed by atoms with van der Waals surface area (Å²) in [5, 5.41) is 3.48. The van der Waals surface area contributed by atoms with Crippen LogP contribution in [-0.2, 0) is 16.1 Å². The van der Waals surface area contributed by atoms with E-state index < -0.39 is 0 Å². The van der Waals surface area contributed by atoms with Crippen LogP contribution in [-0.4, -0.2) is 34.4 Å². The molecule has 0 saturated heterocycles. The fourth-order valence-corrected chi connectivity index (χ4v) is 2.99. The first-order valence-electron chi connectivity index (χ1n) is 8.59. The van der Waals surface area contributed by atoms with Crippen molar-refractivity contribution in [1.29, 1.82) is 0 Å². The monoisotopic (exact) mass is 409 g/mol. The van der Waals surface area contributed by atoms with Crippen LogP contribution in [0.5, 0.6) is 0 Å². The van der Waals surface area contributed by atoms with Crippen molar-refractivity contribution in [1.82, 2.24) is 9.47 Å². The Morgan fingerprint density at radius 2 is 1.96 bits per heavy atom. The molecule has 0 aliphatic carbocycles. The zero-order valence-corrected chi connectivity index (χ0v) is 16.5. The van der Waals surface area contributed by atoms with E-state index in [4.69, 9.17) is 23.2 Å². The van der Waals surface area contributed by atoms with E-state index in [-0.39, 0.29) is 36.9 Å². The summed E-state index contributed by atoms with van der Waals surface area (Å²) in [4.78, 5) is 38.0. The van der Waals surface area contributed by atoms with Gasteiger partial charge in [0.05, 0.1) is 17.3 Å². The lowest BCUT2D eigenvalue weighted by Gasteiger charge is -2.22. The van der Waals surface area contributed by atoms with Crippen molar-refractivity contribution in [2.45, 2.75) is 26.3 Å². The average Bonchev–Trinajstić information content (AvgIpc) is 2.63. The van der Waals surface area contributed by atoms with Crippen LogP contribution in [0.2, 0.25) is 10.0 Å². The highest BCUT2D eigenvalue weighted by Crippen LogP contribution is 2.25. The third-order valence-electron chi connectivity index (χ3n) is 3.85. The van der Waals surface area contributed by atoms with Crippen molar-refractivity contribution in [2.75, 3.05) is 18.4 Å². The molecule has 0 unspecified atom stereocenters. The molecule has 0 spiro atoms. The standard InChI is InChI=1S/C19H21Cl2N3O3/c1-2-9-24(19(27)8-11-23-10-4-3-5-18(23)26)13-17(25)22-16-7-6-14(20)12-15(16)21/h3-7,10,12H,2,8-9,11,13H2,1H3,(H,22,25). The summed E-state index contributed by atoms with van der Waals surface area (Å²) in [6.45, 7) is 2.55. The topological polar surface area (TPSA) is 71.4 Å². The van der Waals surface area contributed by atoms with Crippen LogP contribution in [0.1, 0.15) is 19.8 Å². The maximum Gasteiger partial charge on any atom is 0.250 e. The number of aromatic nitrogens is 1. The number of anilines is 1. The maximum atomic E-state index is 12.5. The molecule has 0 aliphatic rings. The lowest BCUT2D eigenvalue weighted by Crippen LogP contribution is -2.39. The van der Waals surface area contributed by atoms with E-state index in [1.807, 2.05) is 6.92 Å². The molecule has 144 valence electrons. The van der Waals surface area contributed by atoms with Gasteiger partial charge < -0.3 is 14.8 Å². The normalized spacial score (nSPS) is 10.5. The number of halogens is 2. The third-order valence-corrected chi connectivity index (χ3v) is 4.40. The van der Waals surface area contributed by atoms with Crippen LogP contribution in [0, 0.1) is 0 Å². The second kappa shape index (κ2) is 10.1. The van der Waals surface area contributed by atoms with Gasteiger partial charge in [-0.05, 0) is 30.7 Å². The number of carbonyl (C=O) groups is 2. The summed E-state index contributed by atoms with van der Waals surface area (Å²) in [5.74, 6) is -0.539. The predicted molar refractivity (Wildman–Crippen MR) is 107 cm³/mol. The van der Waals surface area contributed by atoms with E-state index >= 15 is 0 Å².